The summed E-state index contributed by atoms with van der Waals surface area (Å²) in [7, 11) is 1.33. The second kappa shape index (κ2) is 5.91. The van der Waals surface area contributed by atoms with Crippen LogP contribution in [0.2, 0.25) is 0 Å². The Bertz CT molecular complexity index is 454. The molecule has 18 heavy (non-hydrogen) atoms. The van der Waals surface area contributed by atoms with Gasteiger partial charge in [0, 0.05) is 5.75 Å². The van der Waals surface area contributed by atoms with E-state index in [0.717, 1.165) is 5.56 Å². The van der Waals surface area contributed by atoms with Gasteiger partial charge in [0.15, 0.2) is 0 Å². The lowest BCUT2D eigenvalue weighted by atomic mass is 10.1. The first-order valence-corrected chi connectivity index (χ1v) is 6.40. The van der Waals surface area contributed by atoms with E-state index in [2.05, 4.69) is 4.74 Å². The van der Waals surface area contributed by atoms with Crippen molar-refractivity contribution in [3.05, 3.63) is 35.4 Å². The van der Waals surface area contributed by atoms with Gasteiger partial charge in [0.1, 0.15) is 4.75 Å². The number of hydrogen-bond acceptors (Lipinski definition) is 4. The molecule has 0 aliphatic carbocycles. The van der Waals surface area contributed by atoms with E-state index in [0.29, 0.717) is 11.3 Å². The predicted molar refractivity (Wildman–Crippen MR) is 70.8 cm³/mol. The van der Waals surface area contributed by atoms with Crippen LogP contribution in [-0.4, -0.2) is 28.9 Å². The summed E-state index contributed by atoms with van der Waals surface area (Å²) >= 11 is 1.32. The van der Waals surface area contributed by atoms with Gasteiger partial charge in [-0.15, -0.1) is 11.8 Å². The monoisotopic (exact) mass is 268 g/mol. The molecule has 98 valence electrons. The molecule has 0 amide bonds. The molecule has 0 atom stereocenters. The summed E-state index contributed by atoms with van der Waals surface area (Å²) in [5, 5.41) is 9.01. The van der Waals surface area contributed by atoms with E-state index in [1.54, 1.807) is 32.0 Å². The fourth-order valence-corrected chi connectivity index (χ4v) is 2.06. The molecule has 0 aromatic heterocycles. The third-order valence-corrected chi connectivity index (χ3v) is 3.84. The van der Waals surface area contributed by atoms with Crippen molar-refractivity contribution in [1.29, 1.82) is 0 Å². The Labute approximate surface area is 110 Å². The zero-order valence-electron chi connectivity index (χ0n) is 10.6. The van der Waals surface area contributed by atoms with Crippen molar-refractivity contribution in [2.24, 2.45) is 0 Å². The van der Waals surface area contributed by atoms with Crippen LogP contribution in [0, 0.1) is 0 Å². The van der Waals surface area contributed by atoms with Crippen LogP contribution in [-0.2, 0) is 15.3 Å². The second-order valence-corrected chi connectivity index (χ2v) is 5.89. The molecule has 1 rings (SSSR count). The van der Waals surface area contributed by atoms with Crippen LogP contribution in [0.5, 0.6) is 0 Å². The summed E-state index contributed by atoms with van der Waals surface area (Å²) < 4.78 is 3.79. The molecule has 0 fully saturated rings. The predicted octanol–water partition coefficient (Wildman–Crippen LogP) is 2.57. The van der Waals surface area contributed by atoms with E-state index in [9.17, 15) is 9.59 Å². The van der Waals surface area contributed by atoms with E-state index in [-0.39, 0.29) is 5.97 Å². The van der Waals surface area contributed by atoms with Crippen molar-refractivity contribution in [3.8, 4) is 0 Å². The number of esters is 1. The molecule has 0 spiro atoms. The number of thioether (sulfide) groups is 1. The molecule has 0 radical (unpaired) electrons. The number of carboxylic acid groups (broad SMARTS) is 1. The van der Waals surface area contributed by atoms with E-state index in [4.69, 9.17) is 5.11 Å². The molecule has 0 saturated heterocycles. The molecular formula is C13H16O4S. The minimum Gasteiger partial charge on any atom is -0.480 e. The zero-order chi connectivity index (χ0) is 13.8. The quantitative estimate of drug-likeness (QED) is 0.831. The van der Waals surface area contributed by atoms with Crippen molar-refractivity contribution in [1.82, 2.24) is 0 Å². The Morgan fingerprint density at radius 3 is 2.61 bits per heavy atom. The highest BCUT2D eigenvalue weighted by molar-refractivity contribution is 8.00. The molecule has 1 N–H and O–H groups in total. The van der Waals surface area contributed by atoms with Crippen molar-refractivity contribution >= 4 is 23.7 Å². The van der Waals surface area contributed by atoms with Crippen molar-refractivity contribution in [2.75, 3.05) is 7.11 Å². The molecule has 4 nitrogen and oxygen atoms in total. The number of benzene rings is 1. The summed E-state index contributed by atoms with van der Waals surface area (Å²) in [5.74, 6) is -0.708. The number of rotatable bonds is 5. The second-order valence-electron chi connectivity index (χ2n) is 4.30. The Balaban J connectivity index is 2.74. The first-order valence-electron chi connectivity index (χ1n) is 5.41. The minimum atomic E-state index is -0.850. The smallest absolute Gasteiger partial charge is 0.337 e. The minimum absolute atomic E-state index is 0.389. The summed E-state index contributed by atoms with van der Waals surface area (Å²) in [6.45, 7) is 3.31. The van der Waals surface area contributed by atoms with Crippen LogP contribution in [0.4, 0.5) is 0 Å². The number of aliphatic carboxylic acids is 1. The van der Waals surface area contributed by atoms with E-state index in [1.807, 2.05) is 6.07 Å². The maximum Gasteiger partial charge on any atom is 0.337 e. The highest BCUT2D eigenvalue weighted by Gasteiger charge is 2.27. The lowest BCUT2D eigenvalue weighted by molar-refractivity contribution is -0.138. The van der Waals surface area contributed by atoms with E-state index in [1.165, 1.54) is 18.9 Å². The van der Waals surface area contributed by atoms with Gasteiger partial charge in [0.2, 0.25) is 0 Å². The molecule has 0 aliphatic heterocycles. The van der Waals surface area contributed by atoms with Crippen molar-refractivity contribution in [3.63, 3.8) is 0 Å². The fourth-order valence-electron chi connectivity index (χ4n) is 1.23. The Hall–Kier alpha value is -1.49. The third kappa shape index (κ3) is 3.77. The molecule has 0 heterocycles. The van der Waals surface area contributed by atoms with Gasteiger partial charge in [-0.05, 0) is 31.5 Å². The number of hydrogen-bond donors (Lipinski definition) is 1. The first kappa shape index (κ1) is 14.6. The largest absolute Gasteiger partial charge is 0.480 e. The summed E-state index contributed by atoms with van der Waals surface area (Å²) in [6.07, 6.45) is 0. The summed E-state index contributed by atoms with van der Waals surface area (Å²) in [5.41, 5.74) is 1.38. The van der Waals surface area contributed by atoms with Crippen LogP contribution >= 0.6 is 11.8 Å². The average Bonchev–Trinajstić information content (AvgIpc) is 2.35. The highest BCUT2D eigenvalue weighted by atomic mass is 32.2. The van der Waals surface area contributed by atoms with Gasteiger partial charge < -0.3 is 9.84 Å². The van der Waals surface area contributed by atoms with Gasteiger partial charge in [-0.2, -0.15) is 0 Å². The van der Waals surface area contributed by atoms with Crippen molar-refractivity contribution in [2.45, 2.75) is 24.3 Å². The summed E-state index contributed by atoms with van der Waals surface area (Å²) in [6, 6.07) is 7.01. The Morgan fingerprint density at radius 2 is 2.06 bits per heavy atom. The first-order chi connectivity index (χ1) is 8.36. The fraction of sp³-hybridized carbons (Fsp3) is 0.385. The normalized spacial score (nSPS) is 11.1. The SMILES string of the molecule is COC(=O)c1cccc(CSC(C)(C)C(=O)O)c1. The zero-order valence-corrected chi connectivity index (χ0v) is 11.4. The van der Waals surface area contributed by atoms with Gasteiger partial charge in [0.25, 0.3) is 0 Å². The van der Waals surface area contributed by atoms with Crippen molar-refractivity contribution < 1.29 is 19.4 Å². The maximum absolute atomic E-state index is 11.4. The molecule has 0 saturated carbocycles. The molecule has 1 aromatic carbocycles. The van der Waals surface area contributed by atoms with Crippen LogP contribution in [0.25, 0.3) is 0 Å². The molecular weight excluding hydrogens is 252 g/mol. The summed E-state index contributed by atoms with van der Waals surface area (Å²) in [4.78, 5) is 22.3. The van der Waals surface area contributed by atoms with Gasteiger partial charge in [-0.1, -0.05) is 12.1 Å². The lowest BCUT2D eigenvalue weighted by Crippen LogP contribution is -2.27. The Morgan fingerprint density at radius 1 is 1.39 bits per heavy atom. The molecule has 1 aromatic rings. The van der Waals surface area contributed by atoms with Crippen LogP contribution in [0.3, 0.4) is 0 Å². The standard InChI is InChI=1S/C13H16O4S/c1-13(2,12(15)16)18-8-9-5-4-6-10(7-9)11(14)17-3/h4-7H,8H2,1-3H3,(H,15,16). The number of methoxy groups -OCH3 is 1. The van der Waals surface area contributed by atoms with Gasteiger partial charge in [0.05, 0.1) is 12.7 Å². The van der Waals surface area contributed by atoms with Gasteiger partial charge >= 0.3 is 11.9 Å². The number of ether oxygens (including phenoxy) is 1. The topological polar surface area (TPSA) is 63.6 Å². The highest BCUT2D eigenvalue weighted by Crippen LogP contribution is 2.28. The molecule has 0 bridgehead atoms. The maximum atomic E-state index is 11.4. The van der Waals surface area contributed by atoms with Crippen LogP contribution < -0.4 is 0 Å². The Kier molecular flexibility index (Phi) is 4.78. The molecule has 5 heteroatoms. The number of carboxylic acids is 1. The van der Waals surface area contributed by atoms with Crippen LogP contribution in [0.1, 0.15) is 29.8 Å². The van der Waals surface area contributed by atoms with Crippen LogP contribution in [0.15, 0.2) is 24.3 Å². The van der Waals surface area contributed by atoms with Gasteiger partial charge in [-0.25, -0.2) is 4.79 Å². The average molecular weight is 268 g/mol. The van der Waals surface area contributed by atoms with E-state index < -0.39 is 10.7 Å². The number of carbonyl (C=O) groups excluding carboxylic acids is 1. The lowest BCUT2D eigenvalue weighted by Gasteiger charge is -2.18. The molecule has 0 unspecified atom stereocenters. The number of carbonyl (C=O) groups is 2. The van der Waals surface area contributed by atoms with Gasteiger partial charge in [-0.3, -0.25) is 4.79 Å². The van der Waals surface area contributed by atoms with E-state index >= 15 is 0 Å². The molecule has 0 aliphatic rings. The third-order valence-electron chi connectivity index (χ3n) is 2.46.